The van der Waals surface area contributed by atoms with Gasteiger partial charge in [-0.1, -0.05) is 0 Å². The Kier molecular flexibility index (Phi) is 3.92. The summed E-state index contributed by atoms with van der Waals surface area (Å²) in [6.07, 6.45) is 4.09. The second-order valence-electron chi connectivity index (χ2n) is 5.35. The lowest BCUT2D eigenvalue weighted by Crippen LogP contribution is -2.31. The van der Waals surface area contributed by atoms with Crippen molar-refractivity contribution >= 4 is 29.2 Å². The first-order valence-corrected chi connectivity index (χ1v) is 7.92. The SMILES string of the molecule is O=C(CC[C@H]1NC(=O)NC1=O)NCc1cc2c(s1)CCC2. The predicted molar refractivity (Wildman–Crippen MR) is 77.9 cm³/mol. The van der Waals surface area contributed by atoms with Crippen LogP contribution in [-0.4, -0.2) is 23.9 Å². The van der Waals surface area contributed by atoms with Crippen LogP contribution in [0.1, 0.15) is 34.6 Å². The van der Waals surface area contributed by atoms with Crippen LogP contribution in [0.2, 0.25) is 0 Å². The van der Waals surface area contributed by atoms with Crippen molar-refractivity contribution in [3.63, 3.8) is 0 Å². The zero-order valence-corrected chi connectivity index (χ0v) is 12.3. The molecule has 0 unspecified atom stereocenters. The number of nitrogens with one attached hydrogen (secondary N) is 3. The second-order valence-corrected chi connectivity index (χ2v) is 6.57. The maximum absolute atomic E-state index is 11.8. The molecule has 0 radical (unpaired) electrons. The summed E-state index contributed by atoms with van der Waals surface area (Å²) in [7, 11) is 0. The number of amides is 4. The maximum Gasteiger partial charge on any atom is 0.322 e. The van der Waals surface area contributed by atoms with E-state index in [0.29, 0.717) is 13.0 Å². The van der Waals surface area contributed by atoms with E-state index < -0.39 is 12.1 Å². The van der Waals surface area contributed by atoms with Crippen LogP contribution >= 0.6 is 11.3 Å². The topological polar surface area (TPSA) is 87.3 Å². The van der Waals surface area contributed by atoms with Crippen molar-refractivity contribution in [3.8, 4) is 0 Å². The third-order valence-corrected chi connectivity index (χ3v) is 5.01. The van der Waals surface area contributed by atoms with Crippen LogP contribution in [0.15, 0.2) is 6.07 Å². The molecule has 2 heterocycles. The third kappa shape index (κ3) is 3.24. The summed E-state index contributed by atoms with van der Waals surface area (Å²) in [6.45, 7) is 0.541. The Bertz CT molecular complexity index is 575. The van der Waals surface area contributed by atoms with E-state index >= 15 is 0 Å². The fourth-order valence-corrected chi connectivity index (χ4v) is 3.89. The number of hydrogen-bond acceptors (Lipinski definition) is 4. The average molecular weight is 307 g/mol. The van der Waals surface area contributed by atoms with Gasteiger partial charge in [0.1, 0.15) is 6.04 Å². The summed E-state index contributed by atoms with van der Waals surface area (Å²) in [4.78, 5) is 36.7. The molecule has 3 rings (SSSR count). The van der Waals surface area contributed by atoms with Gasteiger partial charge in [0.05, 0.1) is 6.54 Å². The van der Waals surface area contributed by atoms with E-state index in [1.807, 2.05) is 0 Å². The number of carbonyl (C=O) groups is 3. The molecule has 1 aliphatic heterocycles. The van der Waals surface area contributed by atoms with Gasteiger partial charge in [-0.25, -0.2) is 4.79 Å². The highest BCUT2D eigenvalue weighted by atomic mass is 32.1. The molecule has 21 heavy (non-hydrogen) atoms. The molecule has 7 heteroatoms. The van der Waals surface area contributed by atoms with Crippen molar-refractivity contribution in [2.75, 3.05) is 0 Å². The summed E-state index contributed by atoms with van der Waals surface area (Å²) in [5, 5.41) is 7.50. The summed E-state index contributed by atoms with van der Waals surface area (Å²) in [5.41, 5.74) is 1.43. The molecule has 0 bridgehead atoms. The van der Waals surface area contributed by atoms with Crippen LogP contribution < -0.4 is 16.0 Å². The van der Waals surface area contributed by atoms with Crippen molar-refractivity contribution in [2.45, 2.75) is 44.7 Å². The first-order chi connectivity index (χ1) is 10.1. The van der Waals surface area contributed by atoms with Gasteiger partial charge in [0, 0.05) is 16.2 Å². The number of carbonyl (C=O) groups excluding carboxylic acids is 3. The van der Waals surface area contributed by atoms with Gasteiger partial charge >= 0.3 is 6.03 Å². The lowest BCUT2D eigenvalue weighted by molar-refractivity contribution is -0.122. The van der Waals surface area contributed by atoms with Gasteiger partial charge in [-0.15, -0.1) is 11.3 Å². The first-order valence-electron chi connectivity index (χ1n) is 7.10. The Morgan fingerprint density at radius 1 is 1.38 bits per heavy atom. The maximum atomic E-state index is 11.8. The van der Waals surface area contributed by atoms with Gasteiger partial charge in [-0.3, -0.25) is 14.9 Å². The van der Waals surface area contributed by atoms with Crippen LogP contribution in [0.5, 0.6) is 0 Å². The zero-order chi connectivity index (χ0) is 14.8. The van der Waals surface area contributed by atoms with Gasteiger partial charge < -0.3 is 10.6 Å². The lowest BCUT2D eigenvalue weighted by atomic mass is 10.1. The van der Waals surface area contributed by atoms with Crippen molar-refractivity contribution in [1.82, 2.24) is 16.0 Å². The molecule has 4 amide bonds. The minimum Gasteiger partial charge on any atom is -0.351 e. The van der Waals surface area contributed by atoms with E-state index in [-0.39, 0.29) is 18.2 Å². The molecular formula is C14H17N3O3S. The van der Waals surface area contributed by atoms with E-state index in [1.54, 1.807) is 11.3 Å². The van der Waals surface area contributed by atoms with E-state index in [2.05, 4.69) is 22.0 Å². The van der Waals surface area contributed by atoms with E-state index in [4.69, 9.17) is 0 Å². The number of fused-ring (bicyclic) bond motifs is 1. The summed E-state index contributed by atoms with van der Waals surface area (Å²) in [5.74, 6) is -0.458. The molecule has 0 aromatic carbocycles. The highest BCUT2D eigenvalue weighted by Gasteiger charge is 2.29. The fourth-order valence-electron chi connectivity index (χ4n) is 2.69. The number of imide groups is 1. The van der Waals surface area contributed by atoms with Crippen molar-refractivity contribution in [1.29, 1.82) is 0 Å². The normalized spacial score (nSPS) is 20.1. The molecule has 6 nitrogen and oxygen atoms in total. The lowest BCUT2D eigenvalue weighted by Gasteiger charge is -2.07. The summed E-state index contributed by atoms with van der Waals surface area (Å²) < 4.78 is 0. The van der Waals surface area contributed by atoms with Crippen LogP contribution in [0, 0.1) is 0 Å². The monoisotopic (exact) mass is 307 g/mol. The van der Waals surface area contributed by atoms with E-state index in [0.717, 1.165) is 12.8 Å². The largest absolute Gasteiger partial charge is 0.351 e. The Hall–Kier alpha value is -1.89. The molecule has 3 N–H and O–H groups in total. The van der Waals surface area contributed by atoms with Gasteiger partial charge in [-0.05, 0) is 37.3 Å². The van der Waals surface area contributed by atoms with E-state index in [9.17, 15) is 14.4 Å². The molecule has 1 aromatic rings. The van der Waals surface area contributed by atoms with Crippen LogP contribution in [-0.2, 0) is 29.0 Å². The highest BCUT2D eigenvalue weighted by Crippen LogP contribution is 2.30. The fraction of sp³-hybridized carbons (Fsp3) is 0.500. The molecule has 0 saturated carbocycles. The van der Waals surface area contributed by atoms with Crippen LogP contribution in [0.3, 0.4) is 0 Å². The average Bonchev–Trinajstić information content (AvgIpc) is 3.08. The summed E-state index contributed by atoms with van der Waals surface area (Å²) >= 11 is 1.77. The quantitative estimate of drug-likeness (QED) is 0.705. The Labute approximate surface area is 126 Å². The van der Waals surface area contributed by atoms with Crippen molar-refractivity contribution < 1.29 is 14.4 Å². The number of aryl methyl sites for hydroxylation is 2. The molecule has 0 spiro atoms. The Morgan fingerprint density at radius 3 is 2.95 bits per heavy atom. The van der Waals surface area contributed by atoms with Gasteiger partial charge in [-0.2, -0.15) is 0 Å². The smallest absolute Gasteiger partial charge is 0.322 e. The third-order valence-electron chi connectivity index (χ3n) is 3.78. The first kappa shape index (κ1) is 14.1. The van der Waals surface area contributed by atoms with Gasteiger partial charge in [0.25, 0.3) is 5.91 Å². The van der Waals surface area contributed by atoms with Crippen LogP contribution in [0.4, 0.5) is 4.79 Å². The number of thiophene rings is 1. The number of hydrogen-bond donors (Lipinski definition) is 3. The molecule has 2 aliphatic rings. The Morgan fingerprint density at radius 2 is 2.24 bits per heavy atom. The standard InChI is InChI=1S/C14H17N3O3S/c18-12(5-4-10-13(19)17-14(20)16-10)15-7-9-6-8-2-1-3-11(8)21-9/h6,10H,1-5,7H2,(H,15,18)(H2,16,17,19,20)/t10-/m1/s1. The van der Waals surface area contributed by atoms with Crippen molar-refractivity contribution in [2.24, 2.45) is 0 Å². The van der Waals surface area contributed by atoms with Crippen molar-refractivity contribution in [3.05, 3.63) is 21.4 Å². The number of rotatable bonds is 5. The molecule has 1 aromatic heterocycles. The number of urea groups is 1. The Balaban J connectivity index is 1.42. The highest BCUT2D eigenvalue weighted by molar-refractivity contribution is 7.12. The van der Waals surface area contributed by atoms with E-state index in [1.165, 1.54) is 21.7 Å². The molecule has 1 fully saturated rings. The molecule has 1 atom stereocenters. The molecule has 112 valence electrons. The van der Waals surface area contributed by atoms with Gasteiger partial charge in [0.15, 0.2) is 0 Å². The predicted octanol–water partition coefficient (Wildman–Crippen LogP) is 0.841. The molecule has 1 saturated heterocycles. The summed E-state index contributed by atoms with van der Waals surface area (Å²) in [6, 6.07) is 1.10. The van der Waals surface area contributed by atoms with Gasteiger partial charge in [0.2, 0.25) is 5.91 Å². The van der Waals surface area contributed by atoms with Crippen LogP contribution in [0.25, 0.3) is 0 Å². The minimum absolute atomic E-state index is 0.0995. The minimum atomic E-state index is -0.589. The molecular weight excluding hydrogens is 290 g/mol. The molecule has 1 aliphatic carbocycles. The second kappa shape index (κ2) is 5.85. The zero-order valence-electron chi connectivity index (χ0n) is 11.5.